The summed E-state index contributed by atoms with van der Waals surface area (Å²) < 4.78 is 0. The zero-order valence-electron chi connectivity index (χ0n) is 6.21. The van der Waals surface area contributed by atoms with Crippen LogP contribution in [0, 0.1) is 0 Å². The molecular weight excluding hydrogens is 162 g/mol. The van der Waals surface area contributed by atoms with E-state index in [1.807, 2.05) is 6.20 Å². The summed E-state index contributed by atoms with van der Waals surface area (Å²) in [7, 11) is 0. The largest absolute Gasteiger partial charge is 0.348 e. The van der Waals surface area contributed by atoms with Crippen molar-refractivity contribution in [1.29, 1.82) is 0 Å². The molecule has 1 aromatic heterocycles. The van der Waals surface area contributed by atoms with Gasteiger partial charge in [-0.15, -0.1) is 12.4 Å². The lowest BCUT2D eigenvalue weighted by Gasteiger charge is -2.07. The molecular formula is C7H12ClN3. The molecule has 4 heteroatoms. The van der Waals surface area contributed by atoms with Gasteiger partial charge in [0.05, 0.1) is 6.33 Å². The number of aromatic nitrogens is 2. The third-order valence-electron chi connectivity index (χ3n) is 2.31. The highest BCUT2D eigenvalue weighted by Gasteiger charge is 2.43. The molecule has 0 saturated heterocycles. The zero-order chi connectivity index (χ0) is 7.03. The number of nitrogens with one attached hydrogen (secondary N) is 1. The summed E-state index contributed by atoms with van der Waals surface area (Å²) in [6, 6.07) is 0. The van der Waals surface area contributed by atoms with Gasteiger partial charge in [0.1, 0.15) is 0 Å². The Morgan fingerprint density at radius 1 is 1.64 bits per heavy atom. The average Bonchev–Trinajstić information content (AvgIpc) is 2.58. The minimum absolute atomic E-state index is 0. The van der Waals surface area contributed by atoms with Crippen LogP contribution in [-0.2, 0) is 5.41 Å². The molecule has 1 aliphatic rings. The zero-order valence-corrected chi connectivity index (χ0v) is 7.03. The molecule has 62 valence electrons. The van der Waals surface area contributed by atoms with Crippen molar-refractivity contribution in [2.75, 3.05) is 6.54 Å². The number of imidazole rings is 1. The lowest BCUT2D eigenvalue weighted by molar-refractivity contribution is 0.683. The Labute approximate surface area is 71.8 Å². The molecule has 0 amide bonds. The maximum Gasteiger partial charge on any atom is 0.0921 e. The summed E-state index contributed by atoms with van der Waals surface area (Å²) in [5, 5.41) is 0. The van der Waals surface area contributed by atoms with Gasteiger partial charge in [0.15, 0.2) is 0 Å². The number of aromatic amines is 1. The summed E-state index contributed by atoms with van der Waals surface area (Å²) in [6.07, 6.45) is 6.02. The fourth-order valence-electron chi connectivity index (χ4n) is 1.28. The Morgan fingerprint density at radius 2 is 2.36 bits per heavy atom. The van der Waals surface area contributed by atoms with E-state index in [2.05, 4.69) is 9.97 Å². The molecule has 0 spiro atoms. The molecule has 3 N–H and O–H groups in total. The summed E-state index contributed by atoms with van der Waals surface area (Å²) in [4.78, 5) is 7.07. The molecule has 0 bridgehead atoms. The first-order chi connectivity index (χ1) is 4.87. The minimum atomic E-state index is 0. The lowest BCUT2D eigenvalue weighted by Crippen LogP contribution is -2.19. The molecule has 2 rings (SSSR count). The number of halogens is 1. The van der Waals surface area contributed by atoms with Gasteiger partial charge < -0.3 is 10.7 Å². The van der Waals surface area contributed by atoms with Crippen molar-refractivity contribution >= 4 is 12.4 Å². The van der Waals surface area contributed by atoms with E-state index in [1.54, 1.807) is 6.33 Å². The summed E-state index contributed by atoms with van der Waals surface area (Å²) in [5.41, 5.74) is 7.09. The van der Waals surface area contributed by atoms with Crippen LogP contribution in [0.2, 0.25) is 0 Å². The van der Waals surface area contributed by atoms with E-state index < -0.39 is 0 Å². The second-order valence-electron chi connectivity index (χ2n) is 2.95. The first-order valence-electron chi connectivity index (χ1n) is 3.56. The predicted octanol–water partition coefficient (Wildman–Crippen LogP) is 0.822. The van der Waals surface area contributed by atoms with Crippen LogP contribution < -0.4 is 5.73 Å². The highest BCUT2D eigenvalue weighted by molar-refractivity contribution is 5.85. The van der Waals surface area contributed by atoms with Crippen molar-refractivity contribution in [3.05, 3.63) is 18.2 Å². The van der Waals surface area contributed by atoms with Crippen LogP contribution >= 0.6 is 12.4 Å². The van der Waals surface area contributed by atoms with E-state index in [-0.39, 0.29) is 17.8 Å². The first kappa shape index (κ1) is 8.56. The fraction of sp³-hybridized carbons (Fsp3) is 0.571. The van der Waals surface area contributed by atoms with Gasteiger partial charge in [-0.2, -0.15) is 0 Å². The molecule has 0 atom stereocenters. The standard InChI is InChI=1S/C7H11N3.ClH/c8-4-7(1-2-7)6-3-9-5-10-6;/h3,5H,1-2,4,8H2,(H,9,10);1H. The topological polar surface area (TPSA) is 54.7 Å². The quantitative estimate of drug-likeness (QED) is 0.696. The Morgan fingerprint density at radius 3 is 2.73 bits per heavy atom. The predicted molar refractivity (Wildman–Crippen MR) is 45.8 cm³/mol. The lowest BCUT2D eigenvalue weighted by atomic mass is 10.0. The summed E-state index contributed by atoms with van der Waals surface area (Å²) in [5.74, 6) is 0. The molecule has 1 heterocycles. The smallest absolute Gasteiger partial charge is 0.0921 e. The molecule has 0 aromatic carbocycles. The maximum atomic E-state index is 5.61. The fourth-order valence-corrected chi connectivity index (χ4v) is 1.28. The van der Waals surface area contributed by atoms with E-state index in [1.165, 1.54) is 18.5 Å². The Kier molecular flexibility index (Phi) is 2.20. The van der Waals surface area contributed by atoms with Gasteiger partial charge in [-0.05, 0) is 12.8 Å². The van der Waals surface area contributed by atoms with Gasteiger partial charge in [0.2, 0.25) is 0 Å². The van der Waals surface area contributed by atoms with Crippen molar-refractivity contribution < 1.29 is 0 Å². The second kappa shape index (κ2) is 2.83. The Balaban J connectivity index is 0.000000605. The molecule has 0 radical (unpaired) electrons. The van der Waals surface area contributed by atoms with Crippen molar-refractivity contribution in [2.24, 2.45) is 5.73 Å². The summed E-state index contributed by atoms with van der Waals surface area (Å²) >= 11 is 0. The number of H-pyrrole nitrogens is 1. The van der Waals surface area contributed by atoms with Gasteiger partial charge in [0.25, 0.3) is 0 Å². The van der Waals surface area contributed by atoms with Gasteiger partial charge in [0, 0.05) is 23.9 Å². The van der Waals surface area contributed by atoms with E-state index in [0.29, 0.717) is 0 Å². The Bertz CT molecular complexity index is 216. The molecule has 11 heavy (non-hydrogen) atoms. The number of rotatable bonds is 2. The van der Waals surface area contributed by atoms with E-state index >= 15 is 0 Å². The molecule has 1 aromatic rings. The molecule has 1 aliphatic carbocycles. The van der Waals surface area contributed by atoms with Crippen LogP contribution in [0.4, 0.5) is 0 Å². The second-order valence-corrected chi connectivity index (χ2v) is 2.95. The van der Waals surface area contributed by atoms with Crippen LogP contribution in [0.5, 0.6) is 0 Å². The highest BCUT2D eigenvalue weighted by atomic mass is 35.5. The minimum Gasteiger partial charge on any atom is -0.348 e. The normalized spacial score (nSPS) is 19.0. The number of nitrogens with two attached hydrogens (primary N) is 1. The van der Waals surface area contributed by atoms with Crippen LogP contribution in [0.25, 0.3) is 0 Å². The average molecular weight is 174 g/mol. The molecule has 0 unspecified atom stereocenters. The van der Waals surface area contributed by atoms with Crippen LogP contribution in [0.1, 0.15) is 18.5 Å². The van der Waals surface area contributed by atoms with Crippen LogP contribution in [-0.4, -0.2) is 16.5 Å². The van der Waals surface area contributed by atoms with Crippen molar-refractivity contribution in [1.82, 2.24) is 9.97 Å². The van der Waals surface area contributed by atoms with Gasteiger partial charge in [-0.25, -0.2) is 4.98 Å². The monoisotopic (exact) mass is 173 g/mol. The first-order valence-corrected chi connectivity index (χ1v) is 3.56. The van der Waals surface area contributed by atoms with Gasteiger partial charge in [-0.1, -0.05) is 0 Å². The number of hydrogen-bond donors (Lipinski definition) is 2. The highest BCUT2D eigenvalue weighted by Crippen LogP contribution is 2.45. The van der Waals surface area contributed by atoms with Crippen LogP contribution in [0.3, 0.4) is 0 Å². The number of nitrogens with zero attached hydrogens (tertiary/aromatic N) is 1. The number of hydrogen-bond acceptors (Lipinski definition) is 2. The molecule has 3 nitrogen and oxygen atoms in total. The molecule has 1 fully saturated rings. The van der Waals surface area contributed by atoms with Gasteiger partial charge in [-0.3, -0.25) is 0 Å². The van der Waals surface area contributed by atoms with Crippen molar-refractivity contribution in [2.45, 2.75) is 18.3 Å². The van der Waals surface area contributed by atoms with Crippen molar-refractivity contribution in [3.63, 3.8) is 0 Å². The summed E-state index contributed by atoms with van der Waals surface area (Å²) in [6.45, 7) is 0.745. The SMILES string of the molecule is Cl.NCC1(c2cnc[nH]2)CC1. The Hall–Kier alpha value is -0.540. The third-order valence-corrected chi connectivity index (χ3v) is 2.31. The molecule has 0 aliphatic heterocycles. The van der Waals surface area contributed by atoms with E-state index in [0.717, 1.165) is 6.54 Å². The van der Waals surface area contributed by atoms with Crippen LogP contribution in [0.15, 0.2) is 12.5 Å². The molecule has 1 saturated carbocycles. The maximum absolute atomic E-state index is 5.61. The van der Waals surface area contributed by atoms with Crippen molar-refractivity contribution in [3.8, 4) is 0 Å². The third kappa shape index (κ3) is 1.26. The van der Waals surface area contributed by atoms with E-state index in [4.69, 9.17) is 5.73 Å². The van der Waals surface area contributed by atoms with E-state index in [9.17, 15) is 0 Å². The van der Waals surface area contributed by atoms with Gasteiger partial charge >= 0.3 is 0 Å².